The summed E-state index contributed by atoms with van der Waals surface area (Å²) in [6.45, 7) is 5.41. The molecule has 0 radical (unpaired) electrons. The fourth-order valence-electron chi connectivity index (χ4n) is 3.14. The lowest BCUT2D eigenvalue weighted by Crippen LogP contribution is -2.45. The van der Waals surface area contributed by atoms with E-state index in [4.69, 9.17) is 11.6 Å². The van der Waals surface area contributed by atoms with Crippen LogP contribution < -0.4 is 4.90 Å². The highest BCUT2D eigenvalue weighted by molar-refractivity contribution is 6.30. The predicted octanol–water partition coefficient (Wildman–Crippen LogP) is 4.63. The highest BCUT2D eigenvalue weighted by Crippen LogP contribution is 2.39. The van der Waals surface area contributed by atoms with Crippen molar-refractivity contribution < 1.29 is 9.18 Å². The molecule has 4 rings (SSSR count). The maximum Gasteiger partial charge on any atom is 0.209 e. The average molecular weight is 375 g/mol. The van der Waals surface area contributed by atoms with Crippen molar-refractivity contribution in [3.8, 4) is 0 Å². The molecule has 2 fully saturated rings. The minimum absolute atomic E-state index is 0.135. The number of anilines is 1. The van der Waals surface area contributed by atoms with Crippen molar-refractivity contribution in [2.75, 3.05) is 31.1 Å². The van der Waals surface area contributed by atoms with Crippen molar-refractivity contribution in [2.45, 2.75) is 25.7 Å². The van der Waals surface area contributed by atoms with Gasteiger partial charge in [-0.15, -0.1) is 0 Å². The maximum absolute atomic E-state index is 12.4. The van der Waals surface area contributed by atoms with Gasteiger partial charge in [-0.2, -0.15) is 0 Å². The second-order valence-corrected chi connectivity index (χ2v) is 7.32. The minimum atomic E-state index is -0.135. The topological polar surface area (TPSA) is 23.6 Å². The number of aryl methyl sites for hydroxylation is 1. The average Bonchev–Trinajstić information content (AvgIpc) is 3.50. The SMILES string of the molecule is Cc1ccc(Cl)cc1N1CCN(C=O)CC1.Fc1ccc(C2CC2)cc1. The van der Waals surface area contributed by atoms with Gasteiger partial charge in [0.25, 0.3) is 0 Å². The molecule has 0 bridgehead atoms. The third-order valence-electron chi connectivity index (χ3n) is 4.89. The van der Waals surface area contributed by atoms with Crippen LogP contribution in [0.4, 0.5) is 10.1 Å². The molecule has 1 saturated heterocycles. The first-order chi connectivity index (χ1) is 12.6. The second kappa shape index (κ2) is 8.54. The summed E-state index contributed by atoms with van der Waals surface area (Å²) in [6, 6.07) is 12.8. The van der Waals surface area contributed by atoms with Gasteiger partial charge in [0.15, 0.2) is 0 Å². The molecule has 0 atom stereocenters. The normalized spacial score (nSPS) is 16.7. The van der Waals surface area contributed by atoms with Crippen LogP contribution in [0.15, 0.2) is 42.5 Å². The molecule has 1 amide bonds. The van der Waals surface area contributed by atoms with E-state index in [0.717, 1.165) is 43.5 Å². The largest absolute Gasteiger partial charge is 0.368 e. The van der Waals surface area contributed by atoms with Gasteiger partial charge in [0.2, 0.25) is 6.41 Å². The molecule has 3 nitrogen and oxygen atoms in total. The molecule has 0 spiro atoms. The van der Waals surface area contributed by atoms with Crippen LogP contribution in [0.25, 0.3) is 0 Å². The number of halogens is 2. The van der Waals surface area contributed by atoms with Crippen LogP contribution in [0.1, 0.15) is 29.9 Å². The predicted molar refractivity (Wildman–Crippen MR) is 104 cm³/mol. The summed E-state index contributed by atoms with van der Waals surface area (Å²) in [5.74, 6) is 0.602. The van der Waals surface area contributed by atoms with Crippen LogP contribution in [0.2, 0.25) is 5.02 Å². The minimum Gasteiger partial charge on any atom is -0.368 e. The van der Waals surface area contributed by atoms with Gasteiger partial charge in [-0.3, -0.25) is 4.79 Å². The third-order valence-corrected chi connectivity index (χ3v) is 5.13. The summed E-state index contributed by atoms with van der Waals surface area (Å²) in [4.78, 5) is 14.7. The zero-order valence-electron chi connectivity index (χ0n) is 15.0. The number of hydrogen-bond acceptors (Lipinski definition) is 2. The molecular weight excluding hydrogens is 351 g/mol. The number of carbonyl (C=O) groups is 1. The van der Waals surface area contributed by atoms with Crippen LogP contribution >= 0.6 is 11.6 Å². The summed E-state index contributed by atoms with van der Waals surface area (Å²) in [7, 11) is 0. The molecule has 5 heteroatoms. The van der Waals surface area contributed by atoms with Gasteiger partial charge in [-0.05, 0) is 61.1 Å². The van der Waals surface area contributed by atoms with Crippen LogP contribution in [-0.2, 0) is 4.79 Å². The van der Waals surface area contributed by atoms with Crippen molar-refractivity contribution in [3.63, 3.8) is 0 Å². The first-order valence-corrected chi connectivity index (χ1v) is 9.40. The first kappa shape index (κ1) is 18.7. The number of carbonyl (C=O) groups excluding carboxylic acids is 1. The zero-order chi connectivity index (χ0) is 18.5. The number of hydrogen-bond donors (Lipinski definition) is 0. The molecule has 0 N–H and O–H groups in total. The highest BCUT2D eigenvalue weighted by Gasteiger charge is 2.22. The van der Waals surface area contributed by atoms with Gasteiger partial charge in [0.05, 0.1) is 0 Å². The van der Waals surface area contributed by atoms with Crippen LogP contribution in [0, 0.1) is 12.7 Å². The fourth-order valence-corrected chi connectivity index (χ4v) is 3.31. The Hall–Kier alpha value is -2.07. The molecule has 26 heavy (non-hydrogen) atoms. The molecule has 2 aliphatic rings. The van der Waals surface area contributed by atoms with E-state index in [-0.39, 0.29) is 5.82 Å². The van der Waals surface area contributed by atoms with E-state index in [0.29, 0.717) is 0 Å². The Morgan fingerprint density at radius 2 is 1.69 bits per heavy atom. The Balaban J connectivity index is 0.000000167. The van der Waals surface area contributed by atoms with Gasteiger partial charge in [0, 0.05) is 36.9 Å². The smallest absolute Gasteiger partial charge is 0.209 e. The quantitative estimate of drug-likeness (QED) is 0.731. The van der Waals surface area contributed by atoms with Crippen molar-refractivity contribution >= 4 is 23.7 Å². The number of benzene rings is 2. The van der Waals surface area contributed by atoms with Crippen molar-refractivity contribution in [1.29, 1.82) is 0 Å². The van der Waals surface area contributed by atoms with E-state index >= 15 is 0 Å². The van der Waals surface area contributed by atoms with E-state index < -0.39 is 0 Å². The number of amides is 1. The molecule has 2 aromatic rings. The Kier molecular flexibility index (Phi) is 6.15. The zero-order valence-corrected chi connectivity index (χ0v) is 15.8. The summed E-state index contributed by atoms with van der Waals surface area (Å²) < 4.78 is 12.4. The molecule has 1 aliphatic carbocycles. The van der Waals surface area contributed by atoms with Gasteiger partial charge < -0.3 is 9.80 Å². The fraction of sp³-hybridized carbons (Fsp3) is 0.381. The number of nitrogens with zero attached hydrogens (tertiary/aromatic N) is 2. The Labute approximate surface area is 159 Å². The van der Waals surface area contributed by atoms with Crippen LogP contribution in [-0.4, -0.2) is 37.5 Å². The number of rotatable bonds is 3. The number of piperazine rings is 1. The Morgan fingerprint density at radius 3 is 2.27 bits per heavy atom. The van der Waals surface area contributed by atoms with Crippen molar-refractivity contribution in [3.05, 3.63) is 64.4 Å². The third kappa shape index (κ3) is 4.98. The summed E-state index contributed by atoms with van der Waals surface area (Å²) in [5.41, 5.74) is 3.70. The van der Waals surface area contributed by atoms with Crippen LogP contribution in [0.5, 0.6) is 0 Å². The van der Waals surface area contributed by atoms with Gasteiger partial charge in [-0.1, -0.05) is 29.8 Å². The van der Waals surface area contributed by atoms with Gasteiger partial charge >= 0.3 is 0 Å². The van der Waals surface area contributed by atoms with E-state index in [1.165, 1.54) is 41.8 Å². The van der Waals surface area contributed by atoms with E-state index in [1.807, 2.05) is 30.3 Å². The maximum atomic E-state index is 12.4. The van der Waals surface area contributed by atoms with E-state index in [1.54, 1.807) is 4.90 Å². The molecule has 1 aliphatic heterocycles. The van der Waals surface area contributed by atoms with Gasteiger partial charge in [0.1, 0.15) is 5.82 Å². The molecule has 0 aromatic heterocycles. The summed E-state index contributed by atoms with van der Waals surface area (Å²) in [5, 5.41) is 0.762. The highest BCUT2D eigenvalue weighted by atomic mass is 35.5. The lowest BCUT2D eigenvalue weighted by atomic mass is 10.1. The first-order valence-electron chi connectivity index (χ1n) is 9.02. The van der Waals surface area contributed by atoms with E-state index in [9.17, 15) is 9.18 Å². The molecule has 138 valence electrons. The lowest BCUT2D eigenvalue weighted by molar-refractivity contribution is -0.118. The molecule has 0 unspecified atom stereocenters. The second-order valence-electron chi connectivity index (χ2n) is 6.89. The molecule has 2 aromatic carbocycles. The Morgan fingerprint density at radius 1 is 1.04 bits per heavy atom. The van der Waals surface area contributed by atoms with Gasteiger partial charge in [-0.25, -0.2) is 4.39 Å². The lowest BCUT2D eigenvalue weighted by Gasteiger charge is -2.35. The van der Waals surface area contributed by atoms with E-state index in [2.05, 4.69) is 11.8 Å². The standard InChI is InChI=1S/C12H15ClN2O.C9H9F/c1-10-2-3-11(13)8-12(10)15-6-4-14(9-16)5-7-15;10-9-5-3-8(4-6-9)7-1-2-7/h2-3,8-9H,4-7H2,1H3;3-7H,1-2H2. The van der Waals surface area contributed by atoms with Crippen LogP contribution in [0.3, 0.4) is 0 Å². The van der Waals surface area contributed by atoms with Crippen molar-refractivity contribution in [1.82, 2.24) is 4.90 Å². The summed E-state index contributed by atoms with van der Waals surface area (Å²) in [6.07, 6.45) is 3.49. The molecule has 1 heterocycles. The summed E-state index contributed by atoms with van der Waals surface area (Å²) >= 11 is 6.00. The Bertz CT molecular complexity index is 738. The molecular formula is C21H24ClFN2O. The monoisotopic (exact) mass is 374 g/mol. The van der Waals surface area contributed by atoms with Crippen molar-refractivity contribution in [2.24, 2.45) is 0 Å². The molecule has 1 saturated carbocycles.